The van der Waals surface area contributed by atoms with E-state index in [2.05, 4.69) is 15.5 Å². The third kappa shape index (κ3) is 3.64. The number of carbonyl (C=O) groups excluding carboxylic acids is 1. The zero-order chi connectivity index (χ0) is 18.9. The van der Waals surface area contributed by atoms with Gasteiger partial charge >= 0.3 is 6.01 Å². The molecule has 1 aromatic carbocycles. The lowest BCUT2D eigenvalue weighted by Crippen LogP contribution is -2.27. The van der Waals surface area contributed by atoms with Crippen LogP contribution in [0.5, 0.6) is 0 Å². The Balaban J connectivity index is 1.46. The van der Waals surface area contributed by atoms with E-state index in [0.29, 0.717) is 24.5 Å². The number of aromatic nitrogens is 2. The van der Waals surface area contributed by atoms with Gasteiger partial charge in [-0.25, -0.2) is 8.42 Å². The molecule has 3 aromatic rings. The van der Waals surface area contributed by atoms with Crippen LogP contribution in [0.2, 0.25) is 0 Å². The smallest absolute Gasteiger partial charge is 0.322 e. The molecule has 0 atom stereocenters. The van der Waals surface area contributed by atoms with Crippen molar-refractivity contribution in [3.8, 4) is 11.5 Å². The fourth-order valence-electron chi connectivity index (χ4n) is 2.80. The Hall–Kier alpha value is -2.56. The topological polar surface area (TPSA) is 105 Å². The van der Waals surface area contributed by atoms with Gasteiger partial charge in [0.05, 0.1) is 4.90 Å². The number of hydrogen-bond donors (Lipinski definition) is 1. The summed E-state index contributed by atoms with van der Waals surface area (Å²) < 4.78 is 31.9. The van der Waals surface area contributed by atoms with Gasteiger partial charge in [0.15, 0.2) is 0 Å². The Morgan fingerprint density at radius 3 is 2.52 bits per heavy atom. The lowest BCUT2D eigenvalue weighted by atomic mass is 10.2. The molecule has 1 aliphatic rings. The predicted molar refractivity (Wildman–Crippen MR) is 100.0 cm³/mol. The van der Waals surface area contributed by atoms with Gasteiger partial charge in [0.25, 0.3) is 11.8 Å². The fourth-order valence-corrected chi connectivity index (χ4v) is 4.95. The maximum atomic E-state index is 12.5. The Bertz CT molecular complexity index is 1040. The zero-order valence-corrected chi connectivity index (χ0v) is 15.8. The molecule has 0 saturated carbocycles. The maximum Gasteiger partial charge on any atom is 0.322 e. The number of nitrogens with one attached hydrogen (secondary N) is 1. The highest BCUT2D eigenvalue weighted by molar-refractivity contribution is 7.89. The average molecular weight is 404 g/mol. The van der Waals surface area contributed by atoms with Crippen LogP contribution in [0.4, 0.5) is 6.01 Å². The molecule has 1 aliphatic heterocycles. The predicted octanol–water partition coefficient (Wildman–Crippen LogP) is 2.83. The molecule has 1 amide bonds. The molecule has 0 aliphatic carbocycles. The molecule has 1 fully saturated rings. The standard InChI is InChI=1S/C17H16N4O4S2/c22-15(18-17-20-19-16(25-17)13-7-10-26-11-13)12-3-5-14(6-4-12)27(23,24)21-8-1-2-9-21/h3-7,10-11H,1-2,8-9H2,(H,18,20,22). The van der Waals surface area contributed by atoms with Gasteiger partial charge in [-0.05, 0) is 48.6 Å². The lowest BCUT2D eigenvalue weighted by Gasteiger charge is -2.15. The van der Waals surface area contributed by atoms with Crippen molar-refractivity contribution in [2.24, 2.45) is 0 Å². The second kappa shape index (κ2) is 7.22. The average Bonchev–Trinajstić information content (AvgIpc) is 3.42. The van der Waals surface area contributed by atoms with Crippen LogP contribution < -0.4 is 5.32 Å². The number of amides is 1. The summed E-state index contributed by atoms with van der Waals surface area (Å²) in [5.74, 6) is -0.140. The summed E-state index contributed by atoms with van der Waals surface area (Å²) in [5.41, 5.74) is 1.08. The van der Waals surface area contributed by atoms with Crippen molar-refractivity contribution in [2.45, 2.75) is 17.7 Å². The molecule has 1 N–H and O–H groups in total. The van der Waals surface area contributed by atoms with E-state index in [9.17, 15) is 13.2 Å². The van der Waals surface area contributed by atoms with Crippen LogP contribution in [0.1, 0.15) is 23.2 Å². The number of hydrogen-bond acceptors (Lipinski definition) is 7. The summed E-state index contributed by atoms with van der Waals surface area (Å²) in [4.78, 5) is 12.5. The van der Waals surface area contributed by atoms with Gasteiger partial charge in [0.1, 0.15) is 0 Å². The molecule has 10 heteroatoms. The maximum absolute atomic E-state index is 12.5. The minimum absolute atomic E-state index is 0.0186. The highest BCUT2D eigenvalue weighted by Crippen LogP contribution is 2.23. The number of carbonyl (C=O) groups is 1. The quantitative estimate of drug-likeness (QED) is 0.701. The van der Waals surface area contributed by atoms with E-state index in [1.165, 1.54) is 39.9 Å². The number of rotatable bonds is 5. The molecule has 1 saturated heterocycles. The summed E-state index contributed by atoms with van der Waals surface area (Å²) in [6.07, 6.45) is 1.74. The Kier molecular flexibility index (Phi) is 4.77. The number of thiophene rings is 1. The van der Waals surface area contributed by atoms with E-state index in [1.807, 2.05) is 16.8 Å². The minimum atomic E-state index is -3.50. The van der Waals surface area contributed by atoms with Gasteiger partial charge in [-0.2, -0.15) is 15.6 Å². The van der Waals surface area contributed by atoms with E-state index in [-0.39, 0.29) is 10.9 Å². The van der Waals surface area contributed by atoms with Crippen LogP contribution in [0, 0.1) is 0 Å². The van der Waals surface area contributed by atoms with Crippen LogP contribution in [0.15, 0.2) is 50.4 Å². The third-order valence-electron chi connectivity index (χ3n) is 4.23. The van der Waals surface area contributed by atoms with Crippen molar-refractivity contribution in [1.29, 1.82) is 0 Å². The van der Waals surface area contributed by atoms with Gasteiger partial charge in [0.2, 0.25) is 10.0 Å². The lowest BCUT2D eigenvalue weighted by molar-refractivity contribution is 0.102. The second-order valence-corrected chi connectivity index (χ2v) is 8.73. The van der Waals surface area contributed by atoms with Crippen molar-refractivity contribution in [3.05, 3.63) is 46.7 Å². The molecule has 0 unspecified atom stereocenters. The van der Waals surface area contributed by atoms with E-state index in [1.54, 1.807) is 0 Å². The van der Waals surface area contributed by atoms with Crippen LogP contribution >= 0.6 is 11.3 Å². The summed E-state index contributed by atoms with van der Waals surface area (Å²) in [7, 11) is -3.50. The van der Waals surface area contributed by atoms with Crippen molar-refractivity contribution in [3.63, 3.8) is 0 Å². The Labute approximate surface area is 159 Å². The molecule has 2 aromatic heterocycles. The largest absolute Gasteiger partial charge is 0.403 e. The van der Waals surface area contributed by atoms with Gasteiger partial charge in [0, 0.05) is 29.6 Å². The molecular formula is C17H16N4O4S2. The zero-order valence-electron chi connectivity index (χ0n) is 14.2. The summed E-state index contributed by atoms with van der Waals surface area (Å²) >= 11 is 1.50. The summed E-state index contributed by atoms with van der Waals surface area (Å²) in [5, 5.41) is 13.9. The van der Waals surface area contributed by atoms with Gasteiger partial charge < -0.3 is 4.42 Å². The molecular weight excluding hydrogens is 388 g/mol. The molecule has 140 valence electrons. The normalized spacial score (nSPS) is 15.1. The van der Waals surface area contributed by atoms with Crippen LogP contribution in [-0.2, 0) is 10.0 Å². The van der Waals surface area contributed by atoms with Crippen LogP contribution in [0.3, 0.4) is 0 Å². The van der Waals surface area contributed by atoms with Crippen molar-refractivity contribution in [2.75, 3.05) is 18.4 Å². The summed E-state index contributed by atoms with van der Waals surface area (Å²) in [6, 6.07) is 7.63. The van der Waals surface area contributed by atoms with Crippen molar-refractivity contribution in [1.82, 2.24) is 14.5 Å². The number of anilines is 1. The first-order valence-electron chi connectivity index (χ1n) is 8.32. The second-order valence-electron chi connectivity index (χ2n) is 6.01. The first-order chi connectivity index (χ1) is 13.0. The molecule has 27 heavy (non-hydrogen) atoms. The first kappa shape index (κ1) is 17.8. The van der Waals surface area contributed by atoms with E-state index < -0.39 is 15.9 Å². The fraction of sp³-hybridized carbons (Fsp3) is 0.235. The monoisotopic (exact) mass is 404 g/mol. The van der Waals surface area contributed by atoms with E-state index >= 15 is 0 Å². The van der Waals surface area contributed by atoms with Crippen molar-refractivity contribution < 1.29 is 17.6 Å². The first-order valence-corrected chi connectivity index (χ1v) is 10.7. The van der Waals surface area contributed by atoms with Crippen LogP contribution in [-0.4, -0.2) is 41.9 Å². The molecule has 3 heterocycles. The van der Waals surface area contributed by atoms with E-state index in [0.717, 1.165) is 18.4 Å². The molecule has 8 nitrogen and oxygen atoms in total. The number of benzene rings is 1. The summed E-state index contributed by atoms with van der Waals surface area (Å²) in [6.45, 7) is 1.07. The molecule has 0 bridgehead atoms. The highest BCUT2D eigenvalue weighted by atomic mass is 32.2. The van der Waals surface area contributed by atoms with Gasteiger partial charge in [-0.3, -0.25) is 10.1 Å². The highest BCUT2D eigenvalue weighted by Gasteiger charge is 2.27. The molecule has 4 rings (SSSR count). The number of nitrogens with zero attached hydrogens (tertiary/aromatic N) is 3. The molecule has 0 radical (unpaired) electrons. The van der Waals surface area contributed by atoms with Gasteiger partial charge in [-0.1, -0.05) is 5.10 Å². The Morgan fingerprint density at radius 2 is 1.85 bits per heavy atom. The Morgan fingerprint density at radius 1 is 1.11 bits per heavy atom. The number of sulfonamides is 1. The van der Waals surface area contributed by atoms with Gasteiger partial charge in [-0.15, -0.1) is 5.10 Å². The molecule has 0 spiro atoms. The SMILES string of the molecule is O=C(Nc1nnc(-c2ccsc2)o1)c1ccc(S(=O)(=O)N2CCCC2)cc1. The third-order valence-corrected chi connectivity index (χ3v) is 6.83. The van der Waals surface area contributed by atoms with Crippen LogP contribution in [0.25, 0.3) is 11.5 Å². The van der Waals surface area contributed by atoms with E-state index in [4.69, 9.17) is 4.42 Å². The van der Waals surface area contributed by atoms with Crippen molar-refractivity contribution >= 4 is 33.3 Å². The minimum Gasteiger partial charge on any atom is -0.403 e.